The quantitative estimate of drug-likeness (QED) is 0.550. The molecule has 3 rings (SSSR count). The number of benzene rings is 1. The standard InChI is InChI=1S/C25H40N4O3/c1-18(2)17-29(20-14-19(15-26-16-20)25(3,4)31)24(30)23-27-21-10-6-7-11-22(21)28(23)12-8-9-13-32-5/h6-7,10-11,18-20,26,31H,8-9,12-17H2,1-5H3/t19-,20+/m1/s1. The van der Waals surface area contributed by atoms with E-state index in [1.807, 2.05) is 43.0 Å². The summed E-state index contributed by atoms with van der Waals surface area (Å²) in [5.74, 6) is 0.914. The zero-order valence-electron chi connectivity index (χ0n) is 20.3. The number of para-hydroxylation sites is 2. The van der Waals surface area contributed by atoms with Gasteiger partial charge in [0, 0.05) is 51.9 Å². The van der Waals surface area contributed by atoms with Gasteiger partial charge in [-0.1, -0.05) is 26.0 Å². The van der Waals surface area contributed by atoms with Crippen LogP contribution in [0.3, 0.4) is 0 Å². The second kappa shape index (κ2) is 10.8. The van der Waals surface area contributed by atoms with Gasteiger partial charge in [0.25, 0.3) is 5.91 Å². The zero-order chi connectivity index (χ0) is 23.3. The number of aromatic nitrogens is 2. The lowest BCUT2D eigenvalue weighted by molar-refractivity contribution is -0.0113. The first-order valence-corrected chi connectivity index (χ1v) is 11.9. The minimum atomic E-state index is -0.785. The van der Waals surface area contributed by atoms with Crippen LogP contribution < -0.4 is 5.32 Å². The third-order valence-corrected chi connectivity index (χ3v) is 6.42. The number of methoxy groups -OCH3 is 1. The highest BCUT2D eigenvalue weighted by atomic mass is 16.5. The highest BCUT2D eigenvalue weighted by Gasteiger charge is 2.37. The smallest absolute Gasteiger partial charge is 0.290 e. The van der Waals surface area contributed by atoms with Crippen LogP contribution in [-0.4, -0.2) is 70.5 Å². The summed E-state index contributed by atoms with van der Waals surface area (Å²) in [7, 11) is 1.71. The molecule has 1 amide bonds. The number of piperidine rings is 1. The fraction of sp³-hybridized carbons (Fsp3) is 0.680. The number of nitrogens with one attached hydrogen (secondary N) is 1. The van der Waals surface area contributed by atoms with Crippen LogP contribution in [0.25, 0.3) is 11.0 Å². The Hall–Kier alpha value is -1.96. The number of fused-ring (bicyclic) bond motifs is 1. The molecule has 0 spiro atoms. The Balaban J connectivity index is 1.92. The van der Waals surface area contributed by atoms with Gasteiger partial charge in [-0.2, -0.15) is 0 Å². The average Bonchev–Trinajstić information content (AvgIpc) is 3.12. The molecule has 2 atom stereocenters. The Bertz CT molecular complexity index is 887. The molecule has 0 saturated carbocycles. The molecular weight excluding hydrogens is 404 g/mol. The van der Waals surface area contributed by atoms with Crippen molar-refractivity contribution in [1.82, 2.24) is 19.8 Å². The second-order valence-corrected chi connectivity index (χ2v) is 10.0. The third kappa shape index (κ3) is 5.88. The predicted octanol–water partition coefficient (Wildman–Crippen LogP) is 3.31. The molecule has 1 aromatic heterocycles. The number of nitrogens with zero attached hydrogens (tertiary/aromatic N) is 3. The van der Waals surface area contributed by atoms with E-state index >= 15 is 0 Å². The van der Waals surface area contributed by atoms with E-state index in [-0.39, 0.29) is 17.9 Å². The molecule has 1 aliphatic rings. The summed E-state index contributed by atoms with van der Waals surface area (Å²) in [6, 6.07) is 7.99. The molecule has 1 aliphatic heterocycles. The SMILES string of the molecule is COCCCCn1c(C(=O)N(CC(C)C)[C@@H]2CNC[C@H](C(C)(C)O)C2)nc2ccccc21. The number of carbonyl (C=O) groups excluding carboxylic acids is 1. The van der Waals surface area contributed by atoms with Gasteiger partial charge < -0.3 is 24.6 Å². The Morgan fingerprint density at radius 2 is 2.06 bits per heavy atom. The molecule has 0 aliphatic carbocycles. The van der Waals surface area contributed by atoms with Gasteiger partial charge in [-0.25, -0.2) is 4.98 Å². The van der Waals surface area contributed by atoms with E-state index in [0.29, 0.717) is 24.9 Å². The molecule has 2 aromatic rings. The van der Waals surface area contributed by atoms with Crippen LogP contribution in [0, 0.1) is 11.8 Å². The lowest BCUT2D eigenvalue weighted by atomic mass is 9.82. The Labute approximate surface area is 192 Å². The summed E-state index contributed by atoms with van der Waals surface area (Å²) in [5.41, 5.74) is 1.06. The molecular formula is C25H40N4O3. The van der Waals surface area contributed by atoms with Gasteiger partial charge in [-0.05, 0) is 51.2 Å². The molecule has 2 N–H and O–H groups in total. The topological polar surface area (TPSA) is 79.6 Å². The van der Waals surface area contributed by atoms with Gasteiger partial charge in [0.05, 0.1) is 16.6 Å². The van der Waals surface area contributed by atoms with Gasteiger partial charge >= 0.3 is 0 Å². The van der Waals surface area contributed by atoms with E-state index in [4.69, 9.17) is 9.72 Å². The maximum atomic E-state index is 13.9. The Morgan fingerprint density at radius 1 is 1.31 bits per heavy atom. The molecule has 0 bridgehead atoms. The van der Waals surface area contributed by atoms with E-state index in [2.05, 4.69) is 23.7 Å². The molecule has 0 unspecified atom stereocenters. The van der Waals surface area contributed by atoms with Crippen LogP contribution in [0.5, 0.6) is 0 Å². The molecule has 2 heterocycles. The lowest BCUT2D eigenvalue weighted by Crippen LogP contribution is -2.55. The highest BCUT2D eigenvalue weighted by Crippen LogP contribution is 2.28. The second-order valence-electron chi connectivity index (χ2n) is 10.0. The van der Waals surface area contributed by atoms with Crippen molar-refractivity contribution < 1.29 is 14.6 Å². The van der Waals surface area contributed by atoms with E-state index in [0.717, 1.165) is 49.9 Å². The maximum absolute atomic E-state index is 13.9. The summed E-state index contributed by atoms with van der Waals surface area (Å²) in [4.78, 5) is 20.7. The van der Waals surface area contributed by atoms with E-state index in [1.54, 1.807) is 7.11 Å². The first-order valence-electron chi connectivity index (χ1n) is 11.9. The number of hydrogen-bond donors (Lipinski definition) is 2. The van der Waals surface area contributed by atoms with Crippen LogP contribution in [0.4, 0.5) is 0 Å². The molecule has 0 radical (unpaired) electrons. The number of carbonyl (C=O) groups is 1. The highest BCUT2D eigenvalue weighted by molar-refractivity contribution is 5.95. The van der Waals surface area contributed by atoms with Crippen molar-refractivity contribution in [1.29, 1.82) is 0 Å². The number of unbranched alkanes of at least 4 members (excludes halogenated alkanes) is 1. The lowest BCUT2D eigenvalue weighted by Gasteiger charge is -2.42. The van der Waals surface area contributed by atoms with Gasteiger partial charge in [0.2, 0.25) is 0 Å². The normalized spacial score (nSPS) is 19.6. The van der Waals surface area contributed by atoms with Crippen LogP contribution in [0.2, 0.25) is 0 Å². The fourth-order valence-electron chi connectivity index (χ4n) is 4.60. The van der Waals surface area contributed by atoms with Crippen LogP contribution in [0.1, 0.15) is 57.6 Å². The number of hydrogen-bond acceptors (Lipinski definition) is 5. The molecule has 7 nitrogen and oxygen atoms in total. The van der Waals surface area contributed by atoms with Crippen molar-refractivity contribution in [2.45, 2.75) is 65.1 Å². The average molecular weight is 445 g/mol. The first-order chi connectivity index (χ1) is 15.2. The van der Waals surface area contributed by atoms with Crippen LogP contribution in [0.15, 0.2) is 24.3 Å². The molecule has 1 fully saturated rings. The van der Waals surface area contributed by atoms with E-state index < -0.39 is 5.60 Å². The number of aliphatic hydroxyl groups is 1. The monoisotopic (exact) mass is 444 g/mol. The van der Waals surface area contributed by atoms with Crippen molar-refractivity contribution in [3.63, 3.8) is 0 Å². The van der Waals surface area contributed by atoms with E-state index in [1.165, 1.54) is 0 Å². The predicted molar refractivity (Wildman–Crippen MR) is 128 cm³/mol. The van der Waals surface area contributed by atoms with Crippen LogP contribution >= 0.6 is 0 Å². The fourth-order valence-corrected chi connectivity index (χ4v) is 4.60. The van der Waals surface area contributed by atoms with Crippen molar-refractivity contribution >= 4 is 16.9 Å². The van der Waals surface area contributed by atoms with Crippen molar-refractivity contribution in [2.75, 3.05) is 33.4 Å². The number of aryl methyl sites for hydroxylation is 1. The molecule has 1 saturated heterocycles. The molecule has 1 aromatic carbocycles. The number of rotatable bonds is 10. The third-order valence-electron chi connectivity index (χ3n) is 6.42. The van der Waals surface area contributed by atoms with Gasteiger partial charge in [-0.15, -0.1) is 0 Å². The molecule has 7 heteroatoms. The minimum absolute atomic E-state index is 0.0233. The molecule has 178 valence electrons. The Morgan fingerprint density at radius 3 is 2.75 bits per heavy atom. The minimum Gasteiger partial charge on any atom is -0.390 e. The zero-order valence-corrected chi connectivity index (χ0v) is 20.3. The van der Waals surface area contributed by atoms with Crippen molar-refractivity contribution in [3.8, 4) is 0 Å². The summed E-state index contributed by atoms with van der Waals surface area (Å²) in [5, 5.41) is 14.0. The van der Waals surface area contributed by atoms with Gasteiger partial charge in [0.1, 0.15) is 0 Å². The summed E-state index contributed by atoms with van der Waals surface area (Å²) >= 11 is 0. The first kappa shape index (κ1) is 24.7. The van der Waals surface area contributed by atoms with E-state index in [9.17, 15) is 9.90 Å². The summed E-state index contributed by atoms with van der Waals surface area (Å²) < 4.78 is 7.27. The summed E-state index contributed by atoms with van der Waals surface area (Å²) in [6.07, 6.45) is 2.64. The largest absolute Gasteiger partial charge is 0.390 e. The van der Waals surface area contributed by atoms with Crippen molar-refractivity contribution in [2.24, 2.45) is 11.8 Å². The van der Waals surface area contributed by atoms with Crippen LogP contribution in [-0.2, 0) is 11.3 Å². The molecule has 32 heavy (non-hydrogen) atoms. The van der Waals surface area contributed by atoms with Gasteiger partial charge in [0.15, 0.2) is 5.82 Å². The number of imidazole rings is 1. The Kier molecular flexibility index (Phi) is 8.31. The van der Waals surface area contributed by atoms with Gasteiger partial charge in [-0.3, -0.25) is 4.79 Å². The van der Waals surface area contributed by atoms with Crippen molar-refractivity contribution in [3.05, 3.63) is 30.1 Å². The summed E-state index contributed by atoms with van der Waals surface area (Å²) in [6.45, 7) is 11.6. The number of ether oxygens (including phenoxy) is 1. The maximum Gasteiger partial charge on any atom is 0.290 e. The number of amides is 1.